The zero-order valence-corrected chi connectivity index (χ0v) is 18.0. The summed E-state index contributed by atoms with van der Waals surface area (Å²) in [5.74, 6) is 2.25. The van der Waals surface area contributed by atoms with Gasteiger partial charge >= 0.3 is 0 Å². The number of para-hydroxylation sites is 1. The number of hydrogen-bond donors (Lipinski definition) is 0. The number of ketones is 1. The number of aromatic nitrogens is 2. The molecule has 1 aliphatic heterocycles. The van der Waals surface area contributed by atoms with Gasteiger partial charge in [0.1, 0.15) is 11.5 Å². The maximum absolute atomic E-state index is 13.1. The van der Waals surface area contributed by atoms with Gasteiger partial charge in [-0.1, -0.05) is 24.3 Å². The quantitative estimate of drug-likeness (QED) is 0.629. The van der Waals surface area contributed by atoms with Gasteiger partial charge in [-0.05, 0) is 43.0 Å². The van der Waals surface area contributed by atoms with E-state index in [1.54, 1.807) is 14.2 Å². The van der Waals surface area contributed by atoms with Crippen LogP contribution in [0.2, 0.25) is 0 Å². The Morgan fingerprint density at radius 2 is 1.87 bits per heavy atom. The van der Waals surface area contributed by atoms with Crippen molar-refractivity contribution in [2.24, 2.45) is 0 Å². The molecule has 0 bridgehead atoms. The first-order valence-electron chi connectivity index (χ1n) is 10.6. The zero-order chi connectivity index (χ0) is 21.5. The van der Waals surface area contributed by atoms with E-state index in [2.05, 4.69) is 23.1 Å². The normalized spacial score (nSPS) is 17.3. The van der Waals surface area contributed by atoms with Crippen LogP contribution in [0.15, 0.2) is 42.5 Å². The van der Waals surface area contributed by atoms with Gasteiger partial charge in [-0.2, -0.15) is 0 Å². The van der Waals surface area contributed by atoms with E-state index in [1.165, 1.54) is 5.56 Å². The van der Waals surface area contributed by atoms with Crippen LogP contribution in [0.4, 0.5) is 11.6 Å². The summed E-state index contributed by atoms with van der Waals surface area (Å²) in [6.45, 7) is 2.76. The molecule has 1 aromatic heterocycles. The first-order chi connectivity index (χ1) is 15.1. The van der Waals surface area contributed by atoms with Gasteiger partial charge in [0.25, 0.3) is 0 Å². The maximum atomic E-state index is 13.1. The van der Waals surface area contributed by atoms with Gasteiger partial charge in [0, 0.05) is 30.6 Å². The minimum Gasteiger partial charge on any atom is -0.497 e. The fourth-order valence-corrected chi connectivity index (χ4v) is 4.80. The topological polar surface area (TPSA) is 64.5 Å². The number of carbonyl (C=O) groups excluding carboxylic acids is 1. The highest BCUT2D eigenvalue weighted by Gasteiger charge is 2.33. The standard InChI is InChI=1S/C25H25N3O3/c1-15-24-20(27-25(26-15)28-11-10-16-6-4-5-7-21(16)28)12-17(13-22(24)29)19-9-8-18(30-2)14-23(19)31-3/h4-9,14,17H,10-13H2,1-3H3. The number of aryl methyl sites for hydroxylation is 1. The molecule has 1 atom stereocenters. The third-order valence-electron chi connectivity index (χ3n) is 6.31. The Kier molecular flexibility index (Phi) is 4.85. The van der Waals surface area contributed by atoms with E-state index in [0.29, 0.717) is 24.4 Å². The van der Waals surface area contributed by atoms with Crippen molar-refractivity contribution >= 4 is 17.4 Å². The molecule has 2 aliphatic rings. The molecule has 6 nitrogen and oxygen atoms in total. The van der Waals surface area contributed by atoms with E-state index in [0.717, 1.165) is 47.1 Å². The van der Waals surface area contributed by atoms with Crippen LogP contribution in [0.3, 0.4) is 0 Å². The predicted molar refractivity (Wildman–Crippen MR) is 119 cm³/mol. The Labute approximate surface area is 181 Å². The smallest absolute Gasteiger partial charge is 0.230 e. The zero-order valence-electron chi connectivity index (χ0n) is 18.0. The Bertz CT molecular complexity index is 1170. The van der Waals surface area contributed by atoms with Gasteiger partial charge in [-0.3, -0.25) is 4.79 Å². The van der Waals surface area contributed by atoms with E-state index in [-0.39, 0.29) is 11.7 Å². The van der Waals surface area contributed by atoms with Crippen LogP contribution in [0.1, 0.15) is 45.2 Å². The lowest BCUT2D eigenvalue weighted by molar-refractivity contribution is 0.0961. The number of anilines is 2. The van der Waals surface area contributed by atoms with Crippen molar-refractivity contribution in [3.8, 4) is 11.5 Å². The minimum absolute atomic E-state index is 0.00821. The summed E-state index contributed by atoms with van der Waals surface area (Å²) in [7, 11) is 3.28. The average molecular weight is 415 g/mol. The Morgan fingerprint density at radius 1 is 1.03 bits per heavy atom. The van der Waals surface area contributed by atoms with Crippen LogP contribution in [0.5, 0.6) is 11.5 Å². The number of ether oxygens (including phenoxy) is 2. The van der Waals surface area contributed by atoms with Crippen molar-refractivity contribution < 1.29 is 14.3 Å². The fourth-order valence-electron chi connectivity index (χ4n) is 4.80. The number of Topliss-reactive ketones (excluding diaryl/α,β-unsaturated/α-hetero) is 1. The van der Waals surface area contributed by atoms with Crippen LogP contribution in [-0.2, 0) is 12.8 Å². The monoisotopic (exact) mass is 415 g/mol. The fraction of sp³-hybridized carbons (Fsp3) is 0.320. The molecule has 0 saturated carbocycles. The largest absolute Gasteiger partial charge is 0.497 e. The van der Waals surface area contributed by atoms with Gasteiger partial charge in [0.05, 0.1) is 31.2 Å². The average Bonchev–Trinajstić information content (AvgIpc) is 3.22. The summed E-state index contributed by atoms with van der Waals surface area (Å²) in [6, 6.07) is 14.1. The third kappa shape index (κ3) is 3.32. The van der Waals surface area contributed by atoms with E-state index >= 15 is 0 Å². The van der Waals surface area contributed by atoms with Gasteiger partial charge in [-0.25, -0.2) is 9.97 Å². The molecule has 0 radical (unpaired) electrons. The molecule has 5 rings (SSSR count). The van der Waals surface area contributed by atoms with Crippen LogP contribution in [0, 0.1) is 6.92 Å². The molecule has 0 saturated heterocycles. The van der Waals surface area contributed by atoms with Crippen molar-refractivity contribution in [2.75, 3.05) is 25.7 Å². The maximum Gasteiger partial charge on any atom is 0.230 e. The molecule has 1 aliphatic carbocycles. The lowest BCUT2D eigenvalue weighted by Gasteiger charge is -2.27. The Hall–Kier alpha value is -3.41. The molecule has 0 N–H and O–H groups in total. The predicted octanol–water partition coefficient (Wildman–Crippen LogP) is 4.41. The summed E-state index contributed by atoms with van der Waals surface area (Å²) in [6.07, 6.45) is 2.07. The summed E-state index contributed by atoms with van der Waals surface area (Å²) in [5, 5.41) is 0. The number of benzene rings is 2. The summed E-state index contributed by atoms with van der Waals surface area (Å²) < 4.78 is 10.9. The first kappa shape index (κ1) is 19.5. The van der Waals surface area contributed by atoms with Crippen molar-refractivity contribution in [1.82, 2.24) is 9.97 Å². The second-order valence-electron chi connectivity index (χ2n) is 8.10. The second kappa shape index (κ2) is 7.69. The van der Waals surface area contributed by atoms with Crippen LogP contribution >= 0.6 is 0 Å². The lowest BCUT2D eigenvalue weighted by Crippen LogP contribution is -2.25. The highest BCUT2D eigenvalue weighted by atomic mass is 16.5. The van der Waals surface area contributed by atoms with Crippen LogP contribution in [0.25, 0.3) is 0 Å². The molecular weight excluding hydrogens is 390 g/mol. The van der Waals surface area contributed by atoms with Crippen molar-refractivity contribution in [2.45, 2.75) is 32.1 Å². The summed E-state index contributed by atoms with van der Waals surface area (Å²) in [5.41, 5.74) is 5.72. The number of nitrogens with zero attached hydrogens (tertiary/aromatic N) is 3. The highest BCUT2D eigenvalue weighted by Crippen LogP contribution is 2.40. The second-order valence-corrected chi connectivity index (χ2v) is 8.10. The number of methoxy groups -OCH3 is 2. The van der Waals surface area contributed by atoms with Gasteiger partial charge in [-0.15, -0.1) is 0 Å². The minimum atomic E-state index is 0.00821. The molecule has 158 valence electrons. The lowest BCUT2D eigenvalue weighted by atomic mass is 9.81. The molecule has 0 fully saturated rings. The summed E-state index contributed by atoms with van der Waals surface area (Å²) >= 11 is 0. The summed E-state index contributed by atoms with van der Waals surface area (Å²) in [4.78, 5) is 24.9. The molecule has 0 spiro atoms. The van der Waals surface area contributed by atoms with Crippen LogP contribution in [-0.4, -0.2) is 36.5 Å². The SMILES string of the molecule is COc1ccc(C2CC(=O)c3c(C)nc(N4CCc5ccccc54)nc3C2)c(OC)c1. The van der Waals surface area contributed by atoms with Crippen LogP contribution < -0.4 is 14.4 Å². The van der Waals surface area contributed by atoms with E-state index in [9.17, 15) is 4.79 Å². The Balaban J connectivity index is 1.53. The third-order valence-corrected chi connectivity index (χ3v) is 6.31. The van der Waals surface area contributed by atoms with Crippen molar-refractivity contribution in [3.05, 3.63) is 70.5 Å². The van der Waals surface area contributed by atoms with Gasteiger partial charge in [0.15, 0.2) is 5.78 Å². The van der Waals surface area contributed by atoms with Crippen molar-refractivity contribution in [1.29, 1.82) is 0 Å². The number of fused-ring (bicyclic) bond motifs is 2. The molecule has 0 amide bonds. The highest BCUT2D eigenvalue weighted by molar-refractivity contribution is 6.00. The number of carbonyl (C=O) groups is 1. The molecule has 2 heterocycles. The molecule has 3 aromatic rings. The molecule has 1 unspecified atom stereocenters. The van der Waals surface area contributed by atoms with E-state index in [4.69, 9.17) is 19.4 Å². The number of rotatable bonds is 4. The van der Waals surface area contributed by atoms with E-state index in [1.807, 2.05) is 31.2 Å². The molecule has 31 heavy (non-hydrogen) atoms. The molecular formula is C25H25N3O3. The van der Waals surface area contributed by atoms with Gasteiger partial charge in [0.2, 0.25) is 5.95 Å². The molecule has 2 aromatic carbocycles. The van der Waals surface area contributed by atoms with E-state index < -0.39 is 0 Å². The molecule has 6 heteroatoms. The number of hydrogen-bond acceptors (Lipinski definition) is 6. The van der Waals surface area contributed by atoms with Gasteiger partial charge < -0.3 is 14.4 Å². The van der Waals surface area contributed by atoms with Crippen molar-refractivity contribution in [3.63, 3.8) is 0 Å². The first-order valence-corrected chi connectivity index (χ1v) is 10.6. The Morgan fingerprint density at radius 3 is 2.68 bits per heavy atom.